The molecule has 2 bridgehead atoms. The van der Waals surface area contributed by atoms with Gasteiger partial charge in [-0.2, -0.15) is 0 Å². The summed E-state index contributed by atoms with van der Waals surface area (Å²) in [5, 5.41) is 30.9. The van der Waals surface area contributed by atoms with E-state index in [0.29, 0.717) is 24.7 Å². The maximum Gasteiger partial charge on any atom is 0.306 e. The van der Waals surface area contributed by atoms with Crippen LogP contribution in [0, 0.1) is 34.5 Å². The number of carbonyl (C=O) groups is 1. The van der Waals surface area contributed by atoms with Crippen LogP contribution >= 0.6 is 0 Å². The van der Waals surface area contributed by atoms with Gasteiger partial charge in [0.15, 0.2) is 0 Å². The fourth-order valence-corrected chi connectivity index (χ4v) is 7.26. The molecule has 4 aliphatic carbocycles. The number of aliphatic hydroxyl groups excluding tert-OH is 2. The van der Waals surface area contributed by atoms with E-state index in [-0.39, 0.29) is 16.7 Å². The van der Waals surface area contributed by atoms with Crippen LogP contribution in [-0.4, -0.2) is 33.5 Å². The molecule has 128 valence electrons. The highest BCUT2D eigenvalue weighted by molar-refractivity contribution is 5.71. The Balaban J connectivity index is 1.76. The van der Waals surface area contributed by atoms with Gasteiger partial charge in [-0.05, 0) is 73.7 Å². The van der Waals surface area contributed by atoms with Crippen LogP contribution in [0.1, 0.15) is 51.9 Å². The molecule has 23 heavy (non-hydrogen) atoms. The third kappa shape index (κ3) is 1.88. The van der Waals surface area contributed by atoms with E-state index in [4.69, 9.17) is 0 Å². The van der Waals surface area contributed by atoms with Crippen LogP contribution in [0.5, 0.6) is 0 Å². The van der Waals surface area contributed by atoms with E-state index in [1.54, 1.807) is 0 Å². The SMILES string of the molecule is C=C1[C@H]2CC[C@@H]3[C@@](CCC4[C@H](C(=O)O)C[C@@H](O)C[C@]43C)(C2)[C@H]1O. The lowest BCUT2D eigenvalue weighted by molar-refractivity contribution is -0.184. The normalized spacial score (nSPS) is 55.2. The monoisotopic (exact) mass is 320 g/mol. The smallest absolute Gasteiger partial charge is 0.306 e. The van der Waals surface area contributed by atoms with E-state index < -0.39 is 24.1 Å². The topological polar surface area (TPSA) is 77.8 Å². The molecule has 4 nitrogen and oxygen atoms in total. The molecule has 3 N–H and O–H groups in total. The summed E-state index contributed by atoms with van der Waals surface area (Å²) in [5.74, 6) is -0.348. The van der Waals surface area contributed by atoms with Crippen molar-refractivity contribution in [3.8, 4) is 0 Å². The molecular formula is C19H28O4. The van der Waals surface area contributed by atoms with Crippen molar-refractivity contribution >= 4 is 5.97 Å². The number of aliphatic carboxylic acids is 1. The van der Waals surface area contributed by atoms with Crippen molar-refractivity contribution in [2.24, 2.45) is 34.5 Å². The summed E-state index contributed by atoms with van der Waals surface area (Å²) in [7, 11) is 0. The van der Waals surface area contributed by atoms with Gasteiger partial charge in [-0.25, -0.2) is 0 Å². The van der Waals surface area contributed by atoms with Crippen LogP contribution in [0.2, 0.25) is 0 Å². The number of rotatable bonds is 1. The summed E-state index contributed by atoms with van der Waals surface area (Å²) >= 11 is 0. The van der Waals surface area contributed by atoms with Crippen LogP contribution in [0.4, 0.5) is 0 Å². The molecule has 1 spiro atoms. The van der Waals surface area contributed by atoms with Crippen molar-refractivity contribution in [3.63, 3.8) is 0 Å². The molecule has 0 radical (unpaired) electrons. The second-order valence-corrected chi connectivity index (χ2v) is 8.93. The number of aliphatic hydroxyl groups is 2. The molecule has 0 saturated heterocycles. The van der Waals surface area contributed by atoms with Gasteiger partial charge in [0.2, 0.25) is 0 Å². The minimum absolute atomic E-state index is 0.120. The van der Waals surface area contributed by atoms with E-state index in [1.165, 1.54) is 0 Å². The average Bonchev–Trinajstić information content (AvgIpc) is 2.66. The molecule has 4 rings (SSSR count). The maximum atomic E-state index is 11.8. The zero-order valence-electron chi connectivity index (χ0n) is 13.9. The summed E-state index contributed by atoms with van der Waals surface area (Å²) in [6, 6.07) is 0. The molecule has 8 atom stereocenters. The number of hydrogen-bond donors (Lipinski definition) is 3. The molecule has 4 fully saturated rings. The predicted molar refractivity (Wildman–Crippen MR) is 85.6 cm³/mol. The Labute approximate surface area is 137 Å². The molecule has 0 aromatic rings. The quantitative estimate of drug-likeness (QED) is 0.649. The maximum absolute atomic E-state index is 11.8. The fourth-order valence-electron chi connectivity index (χ4n) is 7.26. The summed E-state index contributed by atoms with van der Waals surface area (Å²) in [6.07, 6.45) is 4.94. The van der Waals surface area contributed by atoms with E-state index in [0.717, 1.165) is 37.7 Å². The van der Waals surface area contributed by atoms with Gasteiger partial charge in [-0.3, -0.25) is 4.79 Å². The van der Waals surface area contributed by atoms with Gasteiger partial charge in [0.1, 0.15) is 0 Å². The van der Waals surface area contributed by atoms with Gasteiger partial charge < -0.3 is 15.3 Å². The Morgan fingerprint density at radius 1 is 1.22 bits per heavy atom. The van der Waals surface area contributed by atoms with Crippen LogP contribution in [0.15, 0.2) is 12.2 Å². The zero-order valence-corrected chi connectivity index (χ0v) is 13.9. The summed E-state index contributed by atoms with van der Waals surface area (Å²) in [5.41, 5.74) is 0.696. The Kier molecular flexibility index (Phi) is 3.28. The Hall–Kier alpha value is -0.870. The lowest BCUT2D eigenvalue weighted by atomic mass is 9.43. The highest BCUT2D eigenvalue weighted by atomic mass is 16.4. The molecular weight excluding hydrogens is 292 g/mol. The van der Waals surface area contributed by atoms with Crippen molar-refractivity contribution in [1.29, 1.82) is 0 Å². The molecule has 0 aliphatic heterocycles. The van der Waals surface area contributed by atoms with Crippen molar-refractivity contribution < 1.29 is 20.1 Å². The Morgan fingerprint density at radius 2 is 1.96 bits per heavy atom. The van der Waals surface area contributed by atoms with E-state index in [9.17, 15) is 20.1 Å². The molecule has 4 saturated carbocycles. The standard InChI is InChI=1S/C19H28O4/c1-10-11-3-4-15-18(2)9-12(20)7-13(17(22)23)14(18)5-6-19(15,8-11)16(10)21/h11-16,20-21H,1,3-9H2,2H3,(H,22,23)/t11-,12+,13+,14?,15-,16-,18+,19+/m0/s1. The van der Waals surface area contributed by atoms with Gasteiger partial charge >= 0.3 is 5.97 Å². The number of fused-ring (bicyclic) bond motifs is 3. The lowest BCUT2D eigenvalue weighted by Crippen LogP contribution is -2.59. The largest absolute Gasteiger partial charge is 0.481 e. The first kappa shape index (κ1) is 15.6. The van der Waals surface area contributed by atoms with Crippen LogP contribution in [0.25, 0.3) is 0 Å². The Morgan fingerprint density at radius 3 is 2.65 bits per heavy atom. The average molecular weight is 320 g/mol. The summed E-state index contributed by atoms with van der Waals surface area (Å²) in [6.45, 7) is 6.35. The first-order valence-electron chi connectivity index (χ1n) is 9.07. The van der Waals surface area contributed by atoms with Gasteiger partial charge in [0, 0.05) is 5.41 Å². The minimum atomic E-state index is -0.763. The minimum Gasteiger partial charge on any atom is -0.481 e. The van der Waals surface area contributed by atoms with Crippen molar-refractivity contribution in [2.45, 2.75) is 64.1 Å². The third-order valence-electron chi connectivity index (χ3n) is 8.11. The first-order valence-corrected chi connectivity index (χ1v) is 9.07. The number of carboxylic acid groups (broad SMARTS) is 1. The molecule has 0 aromatic heterocycles. The van der Waals surface area contributed by atoms with Gasteiger partial charge in [0.05, 0.1) is 18.1 Å². The van der Waals surface area contributed by atoms with Gasteiger partial charge in [-0.15, -0.1) is 0 Å². The molecule has 4 aliphatic rings. The van der Waals surface area contributed by atoms with Crippen molar-refractivity contribution in [3.05, 3.63) is 12.2 Å². The van der Waals surface area contributed by atoms with Crippen molar-refractivity contribution in [1.82, 2.24) is 0 Å². The molecule has 0 amide bonds. The fraction of sp³-hybridized carbons (Fsp3) is 0.842. The van der Waals surface area contributed by atoms with Crippen LogP contribution in [0.3, 0.4) is 0 Å². The van der Waals surface area contributed by atoms with Gasteiger partial charge in [-0.1, -0.05) is 13.5 Å². The van der Waals surface area contributed by atoms with Crippen LogP contribution < -0.4 is 0 Å². The van der Waals surface area contributed by atoms with E-state index in [1.807, 2.05) is 0 Å². The first-order chi connectivity index (χ1) is 10.8. The molecule has 0 heterocycles. The number of carboxylic acids is 1. The summed E-state index contributed by atoms with van der Waals surface area (Å²) in [4.78, 5) is 11.8. The number of hydrogen-bond acceptors (Lipinski definition) is 3. The second-order valence-electron chi connectivity index (χ2n) is 8.93. The second kappa shape index (κ2) is 4.82. The highest BCUT2D eigenvalue weighted by Gasteiger charge is 2.66. The molecule has 4 heteroatoms. The van der Waals surface area contributed by atoms with E-state index >= 15 is 0 Å². The lowest BCUT2D eigenvalue weighted by Gasteiger charge is -2.62. The van der Waals surface area contributed by atoms with E-state index in [2.05, 4.69) is 13.5 Å². The molecule has 0 aromatic carbocycles. The third-order valence-corrected chi connectivity index (χ3v) is 8.11. The van der Waals surface area contributed by atoms with Crippen LogP contribution in [-0.2, 0) is 4.79 Å². The molecule has 1 unspecified atom stereocenters. The van der Waals surface area contributed by atoms with Crippen molar-refractivity contribution in [2.75, 3.05) is 0 Å². The van der Waals surface area contributed by atoms with Gasteiger partial charge in [0.25, 0.3) is 0 Å². The Bertz CT molecular complexity index is 558. The highest BCUT2D eigenvalue weighted by Crippen LogP contribution is 2.70. The summed E-state index contributed by atoms with van der Waals surface area (Å²) < 4.78 is 0. The predicted octanol–water partition coefficient (Wildman–Crippen LogP) is 2.59. The zero-order chi connectivity index (χ0) is 16.6.